The van der Waals surface area contributed by atoms with Crippen LogP contribution in [-0.4, -0.2) is 18.2 Å². The van der Waals surface area contributed by atoms with E-state index in [1.54, 1.807) is 31.2 Å². The third-order valence-corrected chi connectivity index (χ3v) is 3.34. The molecule has 6 heteroatoms. The van der Waals surface area contributed by atoms with Crippen molar-refractivity contribution in [2.75, 3.05) is 12.3 Å². The summed E-state index contributed by atoms with van der Waals surface area (Å²) >= 11 is 3.34. The van der Waals surface area contributed by atoms with Crippen molar-refractivity contribution in [3.63, 3.8) is 0 Å². The van der Waals surface area contributed by atoms with E-state index in [1.807, 2.05) is 24.3 Å². The van der Waals surface area contributed by atoms with Gasteiger partial charge in [0.15, 0.2) is 6.61 Å². The maximum atomic E-state index is 11.7. The molecule has 0 unspecified atom stereocenters. The molecule has 3 N–H and O–H groups in total. The predicted octanol–water partition coefficient (Wildman–Crippen LogP) is 2.95. The second kappa shape index (κ2) is 7.61. The molecule has 0 aliphatic carbocycles. The first kappa shape index (κ1) is 16.0. The lowest BCUT2D eigenvalue weighted by Gasteiger charge is -2.06. The number of amides is 1. The van der Waals surface area contributed by atoms with Gasteiger partial charge in [-0.15, -0.1) is 0 Å². The van der Waals surface area contributed by atoms with Crippen molar-refractivity contribution in [3.05, 3.63) is 58.6 Å². The van der Waals surface area contributed by atoms with Gasteiger partial charge in [-0.2, -0.15) is 5.10 Å². The molecule has 0 atom stereocenters. The number of nitrogens with two attached hydrogens (primary N) is 1. The molecular formula is C16H16BrN3O2. The average Bonchev–Trinajstić information content (AvgIpc) is 2.51. The van der Waals surface area contributed by atoms with Gasteiger partial charge in [0.25, 0.3) is 5.91 Å². The Balaban J connectivity index is 1.86. The van der Waals surface area contributed by atoms with Crippen molar-refractivity contribution in [2.45, 2.75) is 6.92 Å². The molecule has 0 saturated carbocycles. The van der Waals surface area contributed by atoms with Crippen molar-refractivity contribution in [1.29, 1.82) is 0 Å². The number of halogens is 1. The number of benzene rings is 2. The van der Waals surface area contributed by atoms with E-state index < -0.39 is 0 Å². The van der Waals surface area contributed by atoms with E-state index in [9.17, 15) is 4.79 Å². The molecule has 0 spiro atoms. The van der Waals surface area contributed by atoms with E-state index in [2.05, 4.69) is 26.5 Å². The van der Waals surface area contributed by atoms with Crippen molar-refractivity contribution in [3.8, 4) is 5.75 Å². The summed E-state index contributed by atoms with van der Waals surface area (Å²) in [4.78, 5) is 11.7. The lowest BCUT2D eigenvalue weighted by atomic mass is 10.1. The number of hydrogen-bond donors (Lipinski definition) is 2. The van der Waals surface area contributed by atoms with E-state index >= 15 is 0 Å². The Bertz CT molecular complexity index is 684. The molecule has 2 aromatic carbocycles. The standard InChI is InChI=1S/C16H16BrN3O2/c1-11(12-5-7-14(18)8-6-12)19-20-16(21)10-22-15-4-2-3-13(17)9-15/h2-9H,10,18H2,1H3,(H,20,21). The number of carbonyl (C=O) groups excluding carboxylic acids is 1. The van der Waals surface area contributed by atoms with Crippen molar-refractivity contribution >= 4 is 33.2 Å². The summed E-state index contributed by atoms with van der Waals surface area (Å²) < 4.78 is 6.27. The lowest BCUT2D eigenvalue weighted by molar-refractivity contribution is -0.123. The topological polar surface area (TPSA) is 76.7 Å². The Kier molecular flexibility index (Phi) is 5.55. The molecule has 2 rings (SSSR count). The maximum Gasteiger partial charge on any atom is 0.277 e. The molecule has 0 saturated heterocycles. The molecule has 0 fully saturated rings. The highest BCUT2D eigenvalue weighted by Crippen LogP contribution is 2.17. The smallest absolute Gasteiger partial charge is 0.277 e. The van der Waals surface area contributed by atoms with Gasteiger partial charge in [0.05, 0.1) is 5.71 Å². The fourth-order valence-corrected chi connectivity index (χ4v) is 2.05. The summed E-state index contributed by atoms with van der Waals surface area (Å²) in [6.07, 6.45) is 0. The second-order valence-corrected chi connectivity index (χ2v) is 5.52. The lowest BCUT2D eigenvalue weighted by Crippen LogP contribution is -2.25. The van der Waals surface area contributed by atoms with Crippen LogP contribution in [0.5, 0.6) is 5.75 Å². The number of ether oxygens (including phenoxy) is 1. The normalized spacial score (nSPS) is 11.1. The highest BCUT2D eigenvalue weighted by molar-refractivity contribution is 9.10. The highest BCUT2D eigenvalue weighted by atomic mass is 79.9. The number of hydrogen-bond acceptors (Lipinski definition) is 4. The summed E-state index contributed by atoms with van der Waals surface area (Å²) in [6, 6.07) is 14.5. The number of carbonyl (C=O) groups is 1. The molecule has 2 aromatic rings. The number of hydrazone groups is 1. The van der Waals surface area contributed by atoms with Gasteiger partial charge in [-0.25, -0.2) is 5.43 Å². The summed E-state index contributed by atoms with van der Waals surface area (Å²) in [5, 5.41) is 4.04. The van der Waals surface area contributed by atoms with E-state index in [-0.39, 0.29) is 12.5 Å². The molecule has 0 bridgehead atoms. The van der Waals surface area contributed by atoms with Gasteiger partial charge in [0.2, 0.25) is 0 Å². The largest absolute Gasteiger partial charge is 0.484 e. The van der Waals surface area contributed by atoms with Gasteiger partial charge in [-0.1, -0.05) is 34.1 Å². The van der Waals surface area contributed by atoms with Crippen LogP contribution >= 0.6 is 15.9 Å². The first-order valence-electron chi connectivity index (χ1n) is 6.62. The quantitative estimate of drug-likeness (QED) is 0.488. The number of rotatable bonds is 5. The number of nitrogens with zero attached hydrogens (tertiary/aromatic N) is 1. The molecule has 114 valence electrons. The van der Waals surface area contributed by atoms with Crippen LogP contribution in [0.15, 0.2) is 58.1 Å². The minimum atomic E-state index is -0.324. The minimum absolute atomic E-state index is 0.102. The SMILES string of the molecule is CC(=NNC(=O)COc1cccc(Br)c1)c1ccc(N)cc1. The number of nitrogens with one attached hydrogen (secondary N) is 1. The Morgan fingerprint density at radius 2 is 2.00 bits per heavy atom. The van der Waals surface area contributed by atoms with Crippen LogP contribution in [0.3, 0.4) is 0 Å². The number of nitrogen functional groups attached to an aromatic ring is 1. The zero-order valence-corrected chi connectivity index (χ0v) is 13.6. The maximum absolute atomic E-state index is 11.7. The zero-order chi connectivity index (χ0) is 15.9. The van der Waals surface area contributed by atoms with E-state index in [0.717, 1.165) is 10.0 Å². The van der Waals surface area contributed by atoms with Gasteiger partial charge >= 0.3 is 0 Å². The molecule has 1 amide bonds. The van der Waals surface area contributed by atoms with Gasteiger partial charge in [-0.05, 0) is 42.8 Å². The van der Waals surface area contributed by atoms with Crippen molar-refractivity contribution in [2.24, 2.45) is 5.10 Å². The minimum Gasteiger partial charge on any atom is -0.484 e. The van der Waals surface area contributed by atoms with Gasteiger partial charge in [-0.3, -0.25) is 4.79 Å². The summed E-state index contributed by atoms with van der Waals surface area (Å²) in [7, 11) is 0. The van der Waals surface area contributed by atoms with Crippen LogP contribution in [0.4, 0.5) is 5.69 Å². The second-order valence-electron chi connectivity index (χ2n) is 4.60. The van der Waals surface area contributed by atoms with E-state index in [4.69, 9.17) is 10.5 Å². The van der Waals surface area contributed by atoms with Gasteiger partial charge in [0, 0.05) is 10.2 Å². The van der Waals surface area contributed by atoms with Crippen molar-refractivity contribution < 1.29 is 9.53 Å². The molecule has 5 nitrogen and oxygen atoms in total. The van der Waals surface area contributed by atoms with Crippen LogP contribution in [0, 0.1) is 0 Å². The van der Waals surface area contributed by atoms with Crippen LogP contribution in [-0.2, 0) is 4.79 Å². The Morgan fingerprint density at radius 1 is 1.27 bits per heavy atom. The van der Waals surface area contributed by atoms with Crippen molar-refractivity contribution in [1.82, 2.24) is 5.43 Å². The first-order valence-corrected chi connectivity index (χ1v) is 7.41. The third kappa shape index (κ3) is 4.89. The Morgan fingerprint density at radius 3 is 2.68 bits per heavy atom. The summed E-state index contributed by atoms with van der Waals surface area (Å²) in [5.74, 6) is 0.290. The molecule has 0 radical (unpaired) electrons. The molecule has 0 aliphatic rings. The van der Waals surface area contributed by atoms with Gasteiger partial charge in [0.1, 0.15) is 5.75 Å². The van der Waals surface area contributed by atoms with E-state index in [1.165, 1.54) is 0 Å². The zero-order valence-electron chi connectivity index (χ0n) is 12.0. The van der Waals surface area contributed by atoms with Crippen LogP contribution in [0.2, 0.25) is 0 Å². The molecule has 0 heterocycles. The van der Waals surface area contributed by atoms with E-state index in [0.29, 0.717) is 17.1 Å². The fraction of sp³-hybridized carbons (Fsp3) is 0.125. The first-order chi connectivity index (χ1) is 10.5. The molecule has 0 aliphatic heterocycles. The average molecular weight is 362 g/mol. The Labute approximate surface area is 137 Å². The predicted molar refractivity (Wildman–Crippen MR) is 90.8 cm³/mol. The third-order valence-electron chi connectivity index (χ3n) is 2.84. The Hall–Kier alpha value is -2.34. The fourth-order valence-electron chi connectivity index (χ4n) is 1.67. The van der Waals surface area contributed by atoms with Crippen LogP contribution in [0.25, 0.3) is 0 Å². The summed E-state index contributed by atoms with van der Waals surface area (Å²) in [5.41, 5.74) is 10.4. The van der Waals surface area contributed by atoms with Crippen LogP contribution in [0.1, 0.15) is 12.5 Å². The molecule has 22 heavy (non-hydrogen) atoms. The van der Waals surface area contributed by atoms with Crippen LogP contribution < -0.4 is 15.9 Å². The molecular weight excluding hydrogens is 346 g/mol. The summed E-state index contributed by atoms with van der Waals surface area (Å²) in [6.45, 7) is 1.70. The van der Waals surface area contributed by atoms with Gasteiger partial charge < -0.3 is 10.5 Å². The number of anilines is 1. The monoisotopic (exact) mass is 361 g/mol. The molecule has 0 aromatic heterocycles. The highest BCUT2D eigenvalue weighted by Gasteiger charge is 2.03.